The van der Waals surface area contributed by atoms with E-state index in [1.807, 2.05) is 0 Å². The molecule has 0 spiro atoms. The minimum absolute atomic E-state index is 0.0164. The lowest BCUT2D eigenvalue weighted by Gasteiger charge is -2.03. The summed E-state index contributed by atoms with van der Waals surface area (Å²) in [5, 5.41) is 16.7. The third-order valence-corrected chi connectivity index (χ3v) is 4.62. The van der Waals surface area contributed by atoms with Crippen molar-refractivity contribution in [1.82, 2.24) is 24.4 Å². The molecule has 2 aromatic heterocycles. The van der Waals surface area contributed by atoms with Crippen LogP contribution in [-0.2, 0) is 13.5 Å². The molecular formula is C18H29N5O3. The Balaban J connectivity index is 1.84. The SMILES string of the molecule is CCCCCCCCCCCCc1nc(C(=O)O)c2nnn(C)c(=O)n12. The predicted octanol–water partition coefficient (Wildman–Crippen LogP) is 2.98. The topological polar surface area (TPSA) is 102 Å². The summed E-state index contributed by atoms with van der Waals surface area (Å²) in [4.78, 5) is 27.7. The van der Waals surface area contributed by atoms with E-state index in [1.54, 1.807) is 0 Å². The van der Waals surface area contributed by atoms with Gasteiger partial charge < -0.3 is 5.11 Å². The van der Waals surface area contributed by atoms with Gasteiger partial charge in [0, 0.05) is 13.5 Å². The summed E-state index contributed by atoms with van der Waals surface area (Å²) < 4.78 is 2.35. The Morgan fingerprint density at radius 2 is 1.58 bits per heavy atom. The summed E-state index contributed by atoms with van der Waals surface area (Å²) in [6.07, 6.45) is 12.7. The average Bonchev–Trinajstić information content (AvgIpc) is 2.99. The van der Waals surface area contributed by atoms with Gasteiger partial charge in [-0.3, -0.25) is 0 Å². The van der Waals surface area contributed by atoms with Gasteiger partial charge in [-0.05, 0) is 6.42 Å². The van der Waals surface area contributed by atoms with Crippen LogP contribution in [0.25, 0.3) is 5.65 Å². The zero-order chi connectivity index (χ0) is 18.9. The van der Waals surface area contributed by atoms with Crippen LogP contribution >= 0.6 is 0 Å². The molecule has 0 aliphatic carbocycles. The Labute approximate surface area is 153 Å². The van der Waals surface area contributed by atoms with E-state index in [1.165, 1.54) is 56.4 Å². The molecule has 0 radical (unpaired) electrons. The summed E-state index contributed by atoms with van der Waals surface area (Å²) in [5.74, 6) is -0.744. The molecule has 0 aromatic carbocycles. The monoisotopic (exact) mass is 363 g/mol. The molecular weight excluding hydrogens is 334 g/mol. The molecule has 8 heteroatoms. The number of rotatable bonds is 12. The minimum Gasteiger partial charge on any atom is -0.476 e. The highest BCUT2D eigenvalue weighted by molar-refractivity contribution is 5.92. The summed E-state index contributed by atoms with van der Waals surface area (Å²) in [6.45, 7) is 2.23. The van der Waals surface area contributed by atoms with E-state index in [0.717, 1.165) is 23.9 Å². The van der Waals surface area contributed by atoms with Crippen LogP contribution in [0.5, 0.6) is 0 Å². The first-order valence-corrected chi connectivity index (χ1v) is 9.60. The molecule has 0 saturated heterocycles. The van der Waals surface area contributed by atoms with Gasteiger partial charge in [0.15, 0.2) is 11.3 Å². The maximum absolute atomic E-state index is 12.3. The van der Waals surface area contributed by atoms with Gasteiger partial charge in [0.05, 0.1) is 0 Å². The normalized spacial score (nSPS) is 11.3. The van der Waals surface area contributed by atoms with Gasteiger partial charge in [-0.2, -0.15) is 4.68 Å². The molecule has 0 bridgehead atoms. The maximum atomic E-state index is 12.3. The zero-order valence-electron chi connectivity index (χ0n) is 15.8. The lowest BCUT2D eigenvalue weighted by atomic mass is 10.1. The number of imidazole rings is 1. The Kier molecular flexibility index (Phi) is 7.74. The van der Waals surface area contributed by atoms with Crippen molar-refractivity contribution in [2.75, 3.05) is 0 Å². The Morgan fingerprint density at radius 3 is 2.15 bits per heavy atom. The molecule has 144 valence electrons. The van der Waals surface area contributed by atoms with E-state index >= 15 is 0 Å². The van der Waals surface area contributed by atoms with Crippen LogP contribution < -0.4 is 5.69 Å². The number of aromatic carboxylic acids is 1. The summed E-state index contributed by atoms with van der Waals surface area (Å²) in [6, 6.07) is 0. The molecule has 0 aliphatic rings. The largest absolute Gasteiger partial charge is 0.476 e. The summed E-state index contributed by atoms with van der Waals surface area (Å²) in [7, 11) is 1.49. The van der Waals surface area contributed by atoms with Crippen molar-refractivity contribution in [1.29, 1.82) is 0 Å². The van der Waals surface area contributed by atoms with Crippen LogP contribution in [0.3, 0.4) is 0 Å². The molecule has 1 N–H and O–H groups in total. The van der Waals surface area contributed by atoms with Crippen molar-refractivity contribution < 1.29 is 9.90 Å². The van der Waals surface area contributed by atoms with Crippen LogP contribution in [0.4, 0.5) is 0 Å². The van der Waals surface area contributed by atoms with Crippen molar-refractivity contribution >= 4 is 11.6 Å². The zero-order valence-corrected chi connectivity index (χ0v) is 15.8. The second-order valence-corrected chi connectivity index (χ2v) is 6.77. The number of carboxylic acid groups (broad SMARTS) is 1. The van der Waals surface area contributed by atoms with Crippen LogP contribution in [0.15, 0.2) is 4.79 Å². The van der Waals surface area contributed by atoms with Crippen molar-refractivity contribution in [2.45, 2.75) is 77.6 Å². The number of carbonyl (C=O) groups is 1. The minimum atomic E-state index is -1.20. The number of hydrogen-bond donors (Lipinski definition) is 1. The van der Waals surface area contributed by atoms with Gasteiger partial charge in [-0.1, -0.05) is 69.9 Å². The Morgan fingerprint density at radius 1 is 1.00 bits per heavy atom. The molecule has 2 aromatic rings. The fourth-order valence-electron chi connectivity index (χ4n) is 3.12. The average molecular weight is 363 g/mol. The molecule has 2 heterocycles. The highest BCUT2D eigenvalue weighted by atomic mass is 16.4. The Hall–Kier alpha value is -2.25. The second-order valence-electron chi connectivity index (χ2n) is 6.77. The first kappa shape index (κ1) is 20.1. The fourth-order valence-corrected chi connectivity index (χ4v) is 3.12. The van der Waals surface area contributed by atoms with Crippen LogP contribution in [0.1, 0.15) is 87.4 Å². The van der Waals surface area contributed by atoms with E-state index in [4.69, 9.17) is 0 Å². The maximum Gasteiger partial charge on any atom is 0.358 e. The standard InChI is InChI=1S/C18H29N5O3/c1-3-4-5-6-7-8-9-10-11-12-13-14-19-15(17(24)25)16-20-21-22(2)18(26)23(14)16/h3-13H2,1-2H3,(H,24,25). The lowest BCUT2D eigenvalue weighted by molar-refractivity contribution is 0.0692. The van der Waals surface area contributed by atoms with Gasteiger partial charge in [0.25, 0.3) is 0 Å². The molecule has 0 atom stereocenters. The second kappa shape index (κ2) is 10.0. The summed E-state index contributed by atoms with van der Waals surface area (Å²) in [5.41, 5.74) is -0.614. The Bertz CT molecular complexity index is 781. The van der Waals surface area contributed by atoms with E-state index in [0.29, 0.717) is 12.2 Å². The molecule has 0 unspecified atom stereocenters. The van der Waals surface area contributed by atoms with E-state index in [9.17, 15) is 14.7 Å². The number of fused-ring (bicyclic) bond motifs is 1. The van der Waals surface area contributed by atoms with Gasteiger partial charge in [-0.15, -0.1) is 5.10 Å². The number of nitrogens with zero attached hydrogens (tertiary/aromatic N) is 5. The van der Waals surface area contributed by atoms with Gasteiger partial charge in [0.2, 0.25) is 0 Å². The fraction of sp³-hybridized carbons (Fsp3) is 0.722. The van der Waals surface area contributed by atoms with Crippen molar-refractivity contribution in [2.24, 2.45) is 7.05 Å². The van der Waals surface area contributed by atoms with E-state index in [2.05, 4.69) is 22.2 Å². The lowest BCUT2D eigenvalue weighted by Crippen LogP contribution is -2.28. The first-order valence-electron chi connectivity index (χ1n) is 9.60. The van der Waals surface area contributed by atoms with Gasteiger partial charge in [0.1, 0.15) is 5.82 Å². The number of aryl methyl sites for hydroxylation is 2. The molecule has 0 aliphatic heterocycles. The summed E-state index contributed by atoms with van der Waals surface area (Å²) >= 11 is 0. The molecule has 0 saturated carbocycles. The smallest absolute Gasteiger partial charge is 0.358 e. The molecule has 8 nitrogen and oxygen atoms in total. The van der Waals surface area contributed by atoms with E-state index < -0.39 is 11.7 Å². The van der Waals surface area contributed by atoms with Crippen molar-refractivity contribution in [3.8, 4) is 0 Å². The van der Waals surface area contributed by atoms with Crippen LogP contribution in [-0.4, -0.2) is 35.5 Å². The third-order valence-electron chi connectivity index (χ3n) is 4.62. The number of hydrogen-bond acceptors (Lipinski definition) is 5. The van der Waals surface area contributed by atoms with E-state index in [-0.39, 0.29) is 11.3 Å². The number of unbranched alkanes of at least 4 members (excludes halogenated alkanes) is 9. The number of carboxylic acids is 1. The molecule has 2 rings (SSSR count). The van der Waals surface area contributed by atoms with Crippen molar-refractivity contribution in [3.63, 3.8) is 0 Å². The molecule has 0 fully saturated rings. The first-order chi connectivity index (χ1) is 12.6. The molecule has 26 heavy (non-hydrogen) atoms. The highest BCUT2D eigenvalue weighted by Crippen LogP contribution is 2.14. The quantitative estimate of drug-likeness (QED) is 0.582. The highest BCUT2D eigenvalue weighted by Gasteiger charge is 2.20. The van der Waals surface area contributed by atoms with Gasteiger partial charge >= 0.3 is 11.7 Å². The third kappa shape index (κ3) is 5.12. The molecule has 0 amide bonds. The van der Waals surface area contributed by atoms with Crippen LogP contribution in [0, 0.1) is 0 Å². The van der Waals surface area contributed by atoms with Crippen molar-refractivity contribution in [3.05, 3.63) is 22.0 Å². The van der Waals surface area contributed by atoms with Crippen LogP contribution in [0.2, 0.25) is 0 Å². The predicted molar refractivity (Wildman–Crippen MR) is 98.5 cm³/mol. The number of aromatic nitrogens is 5. The van der Waals surface area contributed by atoms with Gasteiger partial charge in [-0.25, -0.2) is 19.0 Å².